The standard InChI is InChI=1S/C6H9NO4/c1-4(2-3-8)5(7-11)6(9)10/h3-4,11H,2H2,1H3,(H,9,10). The first kappa shape index (κ1) is 9.61. The van der Waals surface area contributed by atoms with Crippen LogP contribution in [0.1, 0.15) is 13.3 Å². The Morgan fingerprint density at radius 2 is 2.27 bits per heavy atom. The number of hydrogen-bond acceptors (Lipinski definition) is 4. The van der Waals surface area contributed by atoms with Crippen LogP contribution in [0.3, 0.4) is 0 Å². The van der Waals surface area contributed by atoms with Crippen molar-refractivity contribution in [3.05, 3.63) is 0 Å². The lowest BCUT2D eigenvalue weighted by Gasteiger charge is -2.03. The highest BCUT2D eigenvalue weighted by Crippen LogP contribution is 2.02. The molecule has 0 amide bonds. The van der Waals surface area contributed by atoms with E-state index in [-0.39, 0.29) is 6.42 Å². The molecule has 0 rings (SSSR count). The van der Waals surface area contributed by atoms with E-state index in [1.807, 2.05) is 0 Å². The summed E-state index contributed by atoms with van der Waals surface area (Å²) in [5.74, 6) is -1.85. The van der Waals surface area contributed by atoms with E-state index in [1.54, 1.807) is 0 Å². The molecule has 0 aliphatic rings. The van der Waals surface area contributed by atoms with E-state index in [1.165, 1.54) is 6.92 Å². The molecule has 0 saturated heterocycles. The summed E-state index contributed by atoms with van der Waals surface area (Å²) in [5, 5.41) is 19.1. The molecule has 0 radical (unpaired) electrons. The molecule has 11 heavy (non-hydrogen) atoms. The number of aldehydes is 1. The third kappa shape index (κ3) is 2.79. The van der Waals surface area contributed by atoms with Gasteiger partial charge >= 0.3 is 5.97 Å². The number of oxime groups is 1. The predicted molar refractivity (Wildman–Crippen MR) is 36.7 cm³/mol. The zero-order valence-electron chi connectivity index (χ0n) is 6.02. The maximum atomic E-state index is 10.2. The Hall–Kier alpha value is -1.39. The largest absolute Gasteiger partial charge is 0.477 e. The van der Waals surface area contributed by atoms with Crippen molar-refractivity contribution in [2.75, 3.05) is 0 Å². The molecule has 62 valence electrons. The minimum atomic E-state index is -1.30. The molecule has 0 aromatic heterocycles. The number of carbonyl (C=O) groups excluding carboxylic acids is 1. The maximum Gasteiger partial charge on any atom is 0.353 e. The fraction of sp³-hybridized carbons (Fsp3) is 0.500. The summed E-state index contributed by atoms with van der Waals surface area (Å²) in [6.45, 7) is 1.50. The van der Waals surface area contributed by atoms with E-state index in [4.69, 9.17) is 10.3 Å². The first-order valence-corrected chi connectivity index (χ1v) is 3.02. The van der Waals surface area contributed by atoms with Gasteiger partial charge in [0, 0.05) is 12.3 Å². The highest BCUT2D eigenvalue weighted by atomic mass is 16.4. The minimum Gasteiger partial charge on any atom is -0.477 e. The molecule has 2 N–H and O–H groups in total. The van der Waals surface area contributed by atoms with E-state index in [2.05, 4.69) is 5.16 Å². The van der Waals surface area contributed by atoms with Crippen LogP contribution < -0.4 is 0 Å². The smallest absolute Gasteiger partial charge is 0.353 e. The van der Waals surface area contributed by atoms with Crippen molar-refractivity contribution in [3.8, 4) is 0 Å². The summed E-state index contributed by atoms with van der Waals surface area (Å²) in [5.41, 5.74) is -0.392. The van der Waals surface area contributed by atoms with Gasteiger partial charge in [-0.3, -0.25) is 0 Å². The second-order valence-electron chi connectivity index (χ2n) is 2.09. The van der Waals surface area contributed by atoms with E-state index in [0.29, 0.717) is 6.29 Å². The number of nitrogens with zero attached hydrogens (tertiary/aromatic N) is 1. The van der Waals surface area contributed by atoms with Crippen LogP contribution in [-0.2, 0) is 9.59 Å². The molecular formula is C6H9NO4. The normalized spacial score (nSPS) is 14.1. The van der Waals surface area contributed by atoms with Crippen molar-refractivity contribution >= 4 is 18.0 Å². The Bertz CT molecular complexity index is 187. The molecule has 1 atom stereocenters. The van der Waals surface area contributed by atoms with Crippen LogP contribution in [0.4, 0.5) is 0 Å². The summed E-state index contributed by atoms with van der Waals surface area (Å²) in [7, 11) is 0. The van der Waals surface area contributed by atoms with Crippen molar-refractivity contribution < 1.29 is 19.9 Å². The summed E-state index contributed by atoms with van der Waals surface area (Å²) in [6, 6.07) is 0. The number of rotatable bonds is 4. The Morgan fingerprint density at radius 3 is 2.55 bits per heavy atom. The lowest BCUT2D eigenvalue weighted by atomic mass is 10.0. The molecule has 0 aromatic carbocycles. The van der Waals surface area contributed by atoms with Gasteiger partial charge in [0.1, 0.15) is 6.29 Å². The Morgan fingerprint density at radius 1 is 1.73 bits per heavy atom. The van der Waals surface area contributed by atoms with Crippen LogP contribution in [0, 0.1) is 5.92 Å². The highest BCUT2D eigenvalue weighted by molar-refractivity contribution is 6.36. The van der Waals surface area contributed by atoms with Gasteiger partial charge in [-0.15, -0.1) is 0 Å². The third-order valence-corrected chi connectivity index (χ3v) is 1.24. The second-order valence-corrected chi connectivity index (χ2v) is 2.09. The third-order valence-electron chi connectivity index (χ3n) is 1.24. The van der Waals surface area contributed by atoms with Crippen LogP contribution in [0.25, 0.3) is 0 Å². The van der Waals surface area contributed by atoms with Crippen molar-refractivity contribution in [1.29, 1.82) is 0 Å². The van der Waals surface area contributed by atoms with Gasteiger partial charge in [-0.05, 0) is 0 Å². The molecule has 5 heteroatoms. The summed E-state index contributed by atoms with van der Waals surface area (Å²) in [6.07, 6.45) is 0.629. The van der Waals surface area contributed by atoms with Crippen LogP contribution in [-0.4, -0.2) is 28.3 Å². The predicted octanol–water partition coefficient (Wildman–Crippen LogP) is 0.126. The minimum absolute atomic E-state index is 0.0473. The molecule has 0 bridgehead atoms. The second kappa shape index (κ2) is 4.43. The molecule has 0 aromatic rings. The Kier molecular flexibility index (Phi) is 3.87. The van der Waals surface area contributed by atoms with Crippen molar-refractivity contribution in [1.82, 2.24) is 0 Å². The molecular weight excluding hydrogens is 150 g/mol. The molecule has 0 heterocycles. The fourth-order valence-electron chi connectivity index (χ4n) is 0.608. The van der Waals surface area contributed by atoms with Crippen molar-refractivity contribution in [3.63, 3.8) is 0 Å². The SMILES string of the molecule is CC(CC=O)C(=NO)C(=O)O. The van der Waals surface area contributed by atoms with Crippen LogP contribution in [0.2, 0.25) is 0 Å². The fourth-order valence-corrected chi connectivity index (χ4v) is 0.608. The molecule has 0 aliphatic carbocycles. The van der Waals surface area contributed by atoms with Gasteiger partial charge in [-0.2, -0.15) is 0 Å². The monoisotopic (exact) mass is 159 g/mol. The number of carboxylic acid groups (broad SMARTS) is 1. The molecule has 0 spiro atoms. The molecule has 0 saturated carbocycles. The van der Waals surface area contributed by atoms with Crippen LogP contribution >= 0.6 is 0 Å². The van der Waals surface area contributed by atoms with Gasteiger partial charge in [0.25, 0.3) is 0 Å². The van der Waals surface area contributed by atoms with Gasteiger partial charge in [0.05, 0.1) is 0 Å². The zero-order valence-corrected chi connectivity index (χ0v) is 6.02. The van der Waals surface area contributed by atoms with Gasteiger partial charge in [-0.25, -0.2) is 4.79 Å². The topological polar surface area (TPSA) is 87.0 Å². The Balaban J connectivity index is 4.27. The summed E-state index contributed by atoms with van der Waals surface area (Å²) >= 11 is 0. The number of aliphatic carboxylic acids is 1. The van der Waals surface area contributed by atoms with Gasteiger partial charge in [0.15, 0.2) is 5.71 Å². The lowest BCUT2D eigenvalue weighted by molar-refractivity contribution is -0.129. The Labute approximate surface area is 63.3 Å². The van der Waals surface area contributed by atoms with E-state index in [9.17, 15) is 9.59 Å². The molecule has 0 aliphatic heterocycles. The van der Waals surface area contributed by atoms with Crippen LogP contribution in [0.15, 0.2) is 5.16 Å². The van der Waals surface area contributed by atoms with E-state index < -0.39 is 17.6 Å². The first-order chi connectivity index (χ1) is 5.13. The number of hydrogen-bond donors (Lipinski definition) is 2. The van der Waals surface area contributed by atoms with Gasteiger partial charge in [-0.1, -0.05) is 12.1 Å². The zero-order chi connectivity index (χ0) is 8.85. The molecule has 1 unspecified atom stereocenters. The molecule has 5 nitrogen and oxygen atoms in total. The lowest BCUT2D eigenvalue weighted by Crippen LogP contribution is -2.21. The maximum absolute atomic E-state index is 10.2. The quantitative estimate of drug-likeness (QED) is 0.264. The van der Waals surface area contributed by atoms with Gasteiger partial charge in [0.2, 0.25) is 0 Å². The average Bonchev–Trinajstić information content (AvgIpc) is 1.88. The number of carbonyl (C=O) groups is 2. The highest BCUT2D eigenvalue weighted by Gasteiger charge is 2.17. The molecule has 0 fully saturated rings. The van der Waals surface area contributed by atoms with Crippen LogP contribution in [0.5, 0.6) is 0 Å². The summed E-state index contributed by atoms with van der Waals surface area (Å²) in [4.78, 5) is 20.2. The average molecular weight is 159 g/mol. The van der Waals surface area contributed by atoms with E-state index in [0.717, 1.165) is 0 Å². The first-order valence-electron chi connectivity index (χ1n) is 3.02. The number of carboxylic acids is 1. The van der Waals surface area contributed by atoms with Gasteiger partial charge < -0.3 is 15.1 Å². The van der Waals surface area contributed by atoms with Crippen molar-refractivity contribution in [2.24, 2.45) is 11.1 Å². The van der Waals surface area contributed by atoms with E-state index >= 15 is 0 Å². The summed E-state index contributed by atoms with van der Waals surface area (Å²) < 4.78 is 0. The van der Waals surface area contributed by atoms with Crippen molar-refractivity contribution in [2.45, 2.75) is 13.3 Å².